The molecule has 0 unspecified atom stereocenters. The zero-order valence-corrected chi connectivity index (χ0v) is 19.9. The average molecular weight is 489 g/mol. The van der Waals surface area contributed by atoms with Gasteiger partial charge >= 0.3 is 5.97 Å². The second kappa shape index (κ2) is 10.2. The van der Waals surface area contributed by atoms with Crippen molar-refractivity contribution in [1.29, 1.82) is 0 Å². The Morgan fingerprint density at radius 3 is 2.53 bits per heavy atom. The summed E-state index contributed by atoms with van der Waals surface area (Å²) in [6.07, 6.45) is 2.20. The highest BCUT2D eigenvalue weighted by atomic mass is 32.2. The summed E-state index contributed by atoms with van der Waals surface area (Å²) in [7, 11) is -3.68. The fourth-order valence-electron chi connectivity index (χ4n) is 4.85. The lowest BCUT2D eigenvalue weighted by atomic mass is 9.78. The van der Waals surface area contributed by atoms with Crippen molar-refractivity contribution in [2.24, 2.45) is 5.92 Å². The van der Waals surface area contributed by atoms with Crippen LogP contribution in [0.4, 0.5) is 10.1 Å². The van der Waals surface area contributed by atoms with E-state index in [2.05, 4.69) is 5.32 Å². The summed E-state index contributed by atoms with van der Waals surface area (Å²) >= 11 is 0. The molecule has 1 saturated heterocycles. The summed E-state index contributed by atoms with van der Waals surface area (Å²) in [5.41, 5.74) is 2.34. The zero-order valence-electron chi connectivity index (χ0n) is 19.1. The Bertz CT molecular complexity index is 1160. The SMILES string of the molecule is CCOC(=O)C[C@@H](c1ccc(F)cc1)C1CCN(S(=O)(=O)c2ccc3c(c2)CCC(=O)N3)CC1. The molecular formula is C25H29FN2O5S. The number of carbonyl (C=O) groups excluding carboxylic acids is 2. The van der Waals surface area contributed by atoms with E-state index < -0.39 is 10.0 Å². The quantitative estimate of drug-likeness (QED) is 0.598. The third-order valence-electron chi connectivity index (χ3n) is 6.67. The van der Waals surface area contributed by atoms with Gasteiger partial charge in [-0.3, -0.25) is 9.59 Å². The number of halogens is 1. The van der Waals surface area contributed by atoms with Crippen molar-refractivity contribution < 1.29 is 27.1 Å². The largest absolute Gasteiger partial charge is 0.466 e. The molecule has 34 heavy (non-hydrogen) atoms. The molecule has 0 spiro atoms. The fraction of sp³-hybridized carbons (Fsp3) is 0.440. The van der Waals surface area contributed by atoms with Gasteiger partial charge in [0.1, 0.15) is 5.82 Å². The first-order valence-corrected chi connectivity index (χ1v) is 13.1. The maximum atomic E-state index is 13.5. The van der Waals surface area contributed by atoms with Crippen LogP contribution in [0.2, 0.25) is 0 Å². The number of piperidine rings is 1. The Kier molecular flexibility index (Phi) is 7.33. The first kappa shape index (κ1) is 24.3. The Balaban J connectivity index is 1.48. The molecule has 2 aliphatic heterocycles. The lowest BCUT2D eigenvalue weighted by molar-refractivity contribution is -0.144. The molecule has 0 aromatic heterocycles. The topological polar surface area (TPSA) is 92.8 Å². The normalized spacial score (nSPS) is 18.1. The van der Waals surface area contributed by atoms with Gasteiger partial charge in [-0.15, -0.1) is 0 Å². The minimum atomic E-state index is -3.68. The van der Waals surface area contributed by atoms with Gasteiger partial charge in [-0.1, -0.05) is 12.1 Å². The van der Waals surface area contributed by atoms with Crippen LogP contribution < -0.4 is 5.32 Å². The van der Waals surface area contributed by atoms with Crippen molar-refractivity contribution in [3.8, 4) is 0 Å². The van der Waals surface area contributed by atoms with Crippen LogP contribution in [-0.4, -0.2) is 44.3 Å². The number of amides is 1. The van der Waals surface area contributed by atoms with Gasteiger partial charge < -0.3 is 10.1 Å². The summed E-state index contributed by atoms with van der Waals surface area (Å²) in [6.45, 7) is 2.71. The van der Waals surface area contributed by atoms with Crippen molar-refractivity contribution in [1.82, 2.24) is 4.31 Å². The van der Waals surface area contributed by atoms with Gasteiger partial charge in [-0.25, -0.2) is 12.8 Å². The first-order chi connectivity index (χ1) is 16.3. The highest BCUT2D eigenvalue weighted by molar-refractivity contribution is 7.89. The van der Waals surface area contributed by atoms with E-state index >= 15 is 0 Å². The van der Waals surface area contributed by atoms with Gasteiger partial charge in [-0.05, 0) is 79.5 Å². The van der Waals surface area contributed by atoms with Crippen molar-refractivity contribution in [3.05, 3.63) is 59.4 Å². The van der Waals surface area contributed by atoms with E-state index in [0.29, 0.717) is 44.5 Å². The average Bonchev–Trinajstić information content (AvgIpc) is 2.83. The van der Waals surface area contributed by atoms with Gasteiger partial charge in [0.05, 0.1) is 17.9 Å². The first-order valence-electron chi connectivity index (χ1n) is 11.6. The van der Waals surface area contributed by atoms with Crippen molar-refractivity contribution in [2.75, 3.05) is 25.0 Å². The van der Waals surface area contributed by atoms with E-state index in [-0.39, 0.29) is 47.5 Å². The molecule has 2 aliphatic rings. The Morgan fingerprint density at radius 2 is 1.85 bits per heavy atom. The molecule has 0 saturated carbocycles. The second-order valence-electron chi connectivity index (χ2n) is 8.78. The molecule has 182 valence electrons. The highest BCUT2D eigenvalue weighted by Crippen LogP contribution is 2.37. The van der Waals surface area contributed by atoms with Crippen LogP contribution in [0.5, 0.6) is 0 Å². The van der Waals surface area contributed by atoms with E-state index in [1.165, 1.54) is 22.5 Å². The number of esters is 1. The molecule has 4 rings (SSSR count). The van der Waals surface area contributed by atoms with Crippen LogP contribution >= 0.6 is 0 Å². The summed E-state index contributed by atoms with van der Waals surface area (Å²) in [6, 6.07) is 11.0. The molecule has 2 heterocycles. The standard InChI is InChI=1S/C25H29FN2O5S/c1-2-33-25(30)16-22(17-3-6-20(26)7-4-17)18-11-13-28(14-12-18)34(31,32)21-8-9-23-19(15-21)5-10-24(29)27-23/h3-4,6-9,15,18,22H,2,5,10-14,16H2,1H3,(H,27,29)/t22-/m0/s1. The Labute approximate surface area is 199 Å². The van der Waals surface area contributed by atoms with Crippen molar-refractivity contribution in [3.63, 3.8) is 0 Å². The molecule has 2 aromatic carbocycles. The number of nitrogens with one attached hydrogen (secondary N) is 1. The molecule has 2 aromatic rings. The molecule has 9 heteroatoms. The Hall–Kier alpha value is -2.78. The number of sulfonamides is 1. The van der Waals surface area contributed by atoms with E-state index in [9.17, 15) is 22.4 Å². The van der Waals surface area contributed by atoms with Crippen LogP contribution in [0, 0.1) is 11.7 Å². The fourth-order valence-corrected chi connectivity index (χ4v) is 6.37. The number of carbonyl (C=O) groups is 2. The van der Waals surface area contributed by atoms with E-state index in [1.807, 2.05) is 0 Å². The number of hydrogen-bond donors (Lipinski definition) is 1. The third-order valence-corrected chi connectivity index (χ3v) is 8.56. The van der Waals surface area contributed by atoms with Gasteiger partial charge in [0.2, 0.25) is 15.9 Å². The maximum Gasteiger partial charge on any atom is 0.306 e. The van der Waals surface area contributed by atoms with Crippen LogP contribution in [0.1, 0.15) is 49.7 Å². The summed E-state index contributed by atoms with van der Waals surface area (Å²) in [4.78, 5) is 24.1. The third kappa shape index (κ3) is 5.31. The lowest BCUT2D eigenvalue weighted by Gasteiger charge is -2.35. The van der Waals surface area contributed by atoms with E-state index in [1.54, 1.807) is 31.2 Å². The predicted octanol–water partition coefficient (Wildman–Crippen LogP) is 3.85. The molecule has 1 N–H and O–H groups in total. The molecule has 0 radical (unpaired) electrons. The van der Waals surface area contributed by atoms with Crippen LogP contribution in [0.3, 0.4) is 0 Å². The number of fused-ring (bicyclic) bond motifs is 1. The van der Waals surface area contributed by atoms with Crippen LogP contribution in [0.25, 0.3) is 0 Å². The number of aryl methyl sites for hydroxylation is 1. The summed E-state index contributed by atoms with van der Waals surface area (Å²) in [5.74, 6) is -0.821. The lowest BCUT2D eigenvalue weighted by Crippen LogP contribution is -2.40. The summed E-state index contributed by atoms with van der Waals surface area (Å²) in [5, 5.41) is 2.77. The van der Waals surface area contributed by atoms with Gasteiger partial charge in [0, 0.05) is 25.2 Å². The predicted molar refractivity (Wildman–Crippen MR) is 125 cm³/mol. The number of hydrogen-bond acceptors (Lipinski definition) is 5. The monoisotopic (exact) mass is 488 g/mol. The smallest absolute Gasteiger partial charge is 0.306 e. The number of ether oxygens (including phenoxy) is 1. The number of benzene rings is 2. The molecular weight excluding hydrogens is 459 g/mol. The van der Waals surface area contributed by atoms with Gasteiger partial charge in [0.25, 0.3) is 0 Å². The second-order valence-corrected chi connectivity index (χ2v) is 10.7. The van der Waals surface area contributed by atoms with Gasteiger partial charge in [0.15, 0.2) is 0 Å². The van der Waals surface area contributed by atoms with E-state index in [0.717, 1.165) is 11.1 Å². The highest BCUT2D eigenvalue weighted by Gasteiger charge is 2.34. The minimum Gasteiger partial charge on any atom is -0.466 e. The van der Waals surface area contributed by atoms with Crippen LogP contribution in [0.15, 0.2) is 47.4 Å². The maximum absolute atomic E-state index is 13.5. The number of rotatable bonds is 7. The number of nitrogens with zero attached hydrogens (tertiary/aromatic N) is 1. The molecule has 1 fully saturated rings. The molecule has 0 aliphatic carbocycles. The minimum absolute atomic E-state index is 0.0660. The molecule has 1 atom stereocenters. The van der Waals surface area contributed by atoms with Crippen molar-refractivity contribution >= 4 is 27.6 Å². The zero-order chi connectivity index (χ0) is 24.3. The molecule has 7 nitrogen and oxygen atoms in total. The Morgan fingerprint density at radius 1 is 1.15 bits per heavy atom. The van der Waals surface area contributed by atoms with Crippen molar-refractivity contribution in [2.45, 2.75) is 49.8 Å². The van der Waals surface area contributed by atoms with E-state index in [4.69, 9.17) is 4.74 Å². The molecule has 0 bridgehead atoms. The number of anilines is 1. The summed E-state index contributed by atoms with van der Waals surface area (Å²) < 4.78 is 46.7. The molecule has 1 amide bonds. The van der Waals surface area contributed by atoms with Crippen LogP contribution in [-0.2, 0) is 30.8 Å². The van der Waals surface area contributed by atoms with Gasteiger partial charge in [-0.2, -0.15) is 4.31 Å².